The van der Waals surface area contributed by atoms with Gasteiger partial charge in [-0.2, -0.15) is 0 Å². The van der Waals surface area contributed by atoms with Crippen LogP contribution in [0.4, 0.5) is 0 Å². The summed E-state index contributed by atoms with van der Waals surface area (Å²) in [6, 6.07) is 27.9. The smallest absolute Gasteiger partial charge is 0.178 e. The Hall–Kier alpha value is -6.89. The molecule has 6 aromatic rings. The molecule has 9 saturated carbocycles. The van der Waals surface area contributed by atoms with Crippen molar-refractivity contribution in [2.45, 2.75) is 214 Å². The number of thioether (sulfide) groups is 3. The number of ketones is 6. The Morgan fingerprint density at radius 1 is 0.522 bits per heavy atom. The van der Waals surface area contributed by atoms with Gasteiger partial charge in [-0.15, -0.1) is 11.8 Å². The number of benzene rings is 4. The number of aromatic nitrogens is 4. The van der Waals surface area contributed by atoms with E-state index in [1.54, 1.807) is 36.5 Å². The molecule has 4 aromatic carbocycles. The number of aromatic amines is 2. The molecule has 22 atom stereocenters. The van der Waals surface area contributed by atoms with Crippen LogP contribution in [-0.4, -0.2) is 151 Å². The summed E-state index contributed by atoms with van der Waals surface area (Å²) in [7, 11) is 0. The molecule has 13 aliphatic rings. The molecular weight excluding hydrogens is 1480 g/mol. The molecule has 21 heteroatoms. The number of aliphatic hydroxyl groups excluding tert-OH is 3. The first-order valence-corrected chi connectivity index (χ1v) is 43.9. The maximum absolute atomic E-state index is 14.4. The van der Waals surface area contributed by atoms with Crippen molar-refractivity contribution in [3.63, 3.8) is 0 Å². The fourth-order valence-electron chi connectivity index (χ4n) is 25.8. The predicted molar refractivity (Wildman–Crippen MR) is 437 cm³/mol. The summed E-state index contributed by atoms with van der Waals surface area (Å²) in [5, 5.41) is 62.5. The van der Waals surface area contributed by atoms with Crippen molar-refractivity contribution in [2.75, 3.05) is 23.9 Å². The summed E-state index contributed by atoms with van der Waals surface area (Å²) >= 11 is 4.19. The molecule has 596 valence electrons. The van der Waals surface area contributed by atoms with Crippen molar-refractivity contribution in [2.24, 2.45) is 85.8 Å². The molecule has 0 radical (unpaired) electrons. The quantitative estimate of drug-likeness (QED) is 0.0499. The Labute approximate surface area is 673 Å². The van der Waals surface area contributed by atoms with E-state index in [4.69, 9.17) is 14.2 Å². The van der Waals surface area contributed by atoms with Crippen LogP contribution in [0.25, 0.3) is 32.8 Å². The number of hydrogen-bond donors (Lipinski definition) is 7. The minimum atomic E-state index is -1.49. The van der Waals surface area contributed by atoms with Crippen LogP contribution in [0.15, 0.2) is 172 Å². The Morgan fingerprint density at radius 2 is 0.982 bits per heavy atom. The third-order valence-electron chi connectivity index (χ3n) is 31.0. The van der Waals surface area contributed by atoms with Crippen LogP contribution in [0.5, 0.6) is 5.75 Å². The second-order valence-electron chi connectivity index (χ2n) is 36.9. The number of ether oxygens (including phenoxy) is 3. The van der Waals surface area contributed by atoms with Crippen molar-refractivity contribution in [1.29, 1.82) is 0 Å². The first kappa shape index (κ1) is 78.6. The first-order chi connectivity index (χ1) is 53.7. The topological polar surface area (TPSA) is 289 Å². The summed E-state index contributed by atoms with van der Waals surface area (Å²) in [4.78, 5) is 94.8. The van der Waals surface area contributed by atoms with Gasteiger partial charge in [-0.1, -0.05) is 142 Å². The number of carbonyl (C=O) groups excluding carboxylic acids is 6. The van der Waals surface area contributed by atoms with E-state index in [0.29, 0.717) is 49.0 Å². The lowest BCUT2D eigenvalue weighted by atomic mass is 9.46. The number of para-hydroxylation sites is 2. The lowest BCUT2D eigenvalue weighted by molar-refractivity contribution is -0.223. The van der Waals surface area contributed by atoms with E-state index >= 15 is 0 Å². The third kappa shape index (κ3) is 12.5. The highest BCUT2D eigenvalue weighted by Crippen LogP contribution is 2.73. The van der Waals surface area contributed by atoms with Crippen molar-refractivity contribution in [3.05, 3.63) is 156 Å². The fourth-order valence-corrected chi connectivity index (χ4v) is 28.4. The highest BCUT2D eigenvalue weighted by molar-refractivity contribution is 8.00. The van der Waals surface area contributed by atoms with Gasteiger partial charge in [0.2, 0.25) is 0 Å². The molecule has 19 rings (SSSR count). The third-order valence-corrected chi connectivity index (χ3v) is 33.7. The van der Waals surface area contributed by atoms with Gasteiger partial charge in [0.05, 0.1) is 70.3 Å². The maximum atomic E-state index is 14.4. The predicted octanol–water partition coefficient (Wildman–Crippen LogP) is 15.1. The molecule has 10 fully saturated rings. The summed E-state index contributed by atoms with van der Waals surface area (Å²) in [5.41, 5.74) is -0.228. The number of aliphatic hydroxyl groups is 5. The molecule has 0 bridgehead atoms. The zero-order valence-corrected chi connectivity index (χ0v) is 68.5. The summed E-state index contributed by atoms with van der Waals surface area (Å²) in [5.74, 6) is 1.23. The number of Topliss-reactive ketones (excluding diaryl/α,β-unsaturated/α-hetero) is 3. The molecule has 1 aliphatic heterocycles. The molecule has 7 N–H and O–H groups in total. The van der Waals surface area contributed by atoms with Crippen molar-refractivity contribution in [3.8, 4) is 5.75 Å². The van der Waals surface area contributed by atoms with Crippen molar-refractivity contribution in [1.82, 2.24) is 19.9 Å². The Bertz CT molecular complexity index is 5080. The minimum absolute atomic E-state index is 0.00403. The number of rotatable bonds is 14. The summed E-state index contributed by atoms with van der Waals surface area (Å²) < 4.78 is 18.8. The molecule has 113 heavy (non-hydrogen) atoms. The van der Waals surface area contributed by atoms with E-state index in [1.807, 2.05) is 114 Å². The van der Waals surface area contributed by atoms with E-state index < -0.39 is 57.1 Å². The van der Waals surface area contributed by atoms with Gasteiger partial charge < -0.3 is 49.7 Å². The SMILES string of the molecule is CC1(C)O[C@@H]2CC3C4CCC5=CC(=O)C=CC5(C)C4[C@@H](O)CC3(C)[C@]2(C(=O)CSc2nc3ccccc3[nH]2)O1.CC12C=CC(=O)C=C1CCC1C2[C@@H](O)CC2(C)C1CC[C@]2(O)C(=O)CSc1ccc2ccccc2c1.CCOc1ccc2nc(SCC(=O)[C@@]3(O)CCC4C5CCC6=CC(=O)C=CC6(C)C5[C@@H](O)CC43C)[nH]c2c1. The molecule has 18 nitrogen and oxygen atoms in total. The molecule has 2 aromatic heterocycles. The lowest BCUT2D eigenvalue weighted by Gasteiger charge is -2.60. The van der Waals surface area contributed by atoms with Gasteiger partial charge in [0.1, 0.15) is 17.0 Å². The zero-order valence-electron chi connectivity index (χ0n) is 66.0. The zero-order chi connectivity index (χ0) is 79.5. The monoisotopic (exact) mass is 1590 g/mol. The van der Waals surface area contributed by atoms with E-state index in [-0.39, 0.29) is 128 Å². The van der Waals surface area contributed by atoms with Gasteiger partial charge in [-0.05, 0) is 230 Å². The standard InChI is InChI=1S/C31H36N2O5S.C31H34O4S.C30H36N2O5S/c1-28(2)37-25-14-20-19-10-9-17-13-18(34)11-12-29(17,3)26(19)23(35)15-30(20,4)31(25,38-28)24(36)16-39-27-32-21-7-5-6-8-22(21)33-27;1-29-13-11-22(32)16-21(29)8-10-24-25-12-14-31(35,30(25,2)17-26(33)28(24)29)27(34)18-36-23-9-7-19-5-3-4-6-20(19)15-23;1-4-37-19-6-8-22-23(14-19)32-27(31-22)38-16-25(35)30(36)12-10-21-20-7-5-17-13-18(33)9-11-28(17,2)26(20)24(34)15-29(21,30)3/h5-8,11-13,19-20,23,25-26,35H,9-10,14-16H2,1-4H3,(H,32,33);3-7,9,11,13,15-16,24-26,28,33,35H,8,10,12,14,17-18H2,1-2H3;6,8-9,11,13-14,20-21,24,26,34,36H,4-5,7,10,12,15-16H2,1-3H3,(H,31,32)/t19?,20?,23-,25+,26?,29?,30?,31+;24?,25?,26-,28?,29?,30?,31-;20?,21?,24-,26?,28?,29?,30-/m000/s1. The molecule has 12 aliphatic carbocycles. The van der Waals surface area contributed by atoms with Crippen LogP contribution in [-0.2, 0) is 38.2 Å². The molecule has 15 unspecified atom stereocenters. The molecule has 1 saturated heterocycles. The number of hydrogen-bond acceptors (Lipinski definition) is 19. The van der Waals surface area contributed by atoms with E-state index in [0.717, 1.165) is 113 Å². The Balaban J connectivity index is 0.000000123. The van der Waals surface area contributed by atoms with Crippen molar-refractivity contribution < 1.29 is 68.5 Å². The molecule has 0 spiro atoms. The number of nitrogens with one attached hydrogen (secondary N) is 2. The average Bonchev–Trinajstić information content (AvgIpc) is 1.50. The number of nitrogens with zero attached hydrogens (tertiary/aromatic N) is 2. The lowest BCUT2D eigenvalue weighted by Crippen LogP contribution is -2.63. The van der Waals surface area contributed by atoms with Crippen LogP contribution >= 0.6 is 35.3 Å². The van der Waals surface area contributed by atoms with Crippen molar-refractivity contribution >= 4 is 103 Å². The van der Waals surface area contributed by atoms with Crippen LogP contribution in [0.2, 0.25) is 0 Å². The number of imidazole rings is 2. The van der Waals surface area contributed by atoms with Gasteiger partial charge in [0.15, 0.2) is 56.4 Å². The molecule has 3 heterocycles. The van der Waals surface area contributed by atoms with Crippen LogP contribution in [0, 0.1) is 85.8 Å². The van der Waals surface area contributed by atoms with Crippen LogP contribution < -0.4 is 4.74 Å². The number of fused-ring (bicyclic) bond motifs is 20. The van der Waals surface area contributed by atoms with Gasteiger partial charge in [-0.3, -0.25) is 28.8 Å². The summed E-state index contributed by atoms with van der Waals surface area (Å²) in [6.07, 6.45) is 23.4. The summed E-state index contributed by atoms with van der Waals surface area (Å²) in [6.45, 7) is 18.9. The van der Waals surface area contributed by atoms with E-state index in [1.165, 1.54) is 40.7 Å². The molecular formula is C92H106N4O14S3. The fraction of sp³-hybridized carbons (Fsp3) is 0.543. The van der Waals surface area contributed by atoms with Crippen LogP contribution in [0.3, 0.4) is 0 Å². The van der Waals surface area contributed by atoms with Crippen LogP contribution in [0.1, 0.15) is 152 Å². The number of allylic oxidation sites excluding steroid dienone is 12. The van der Waals surface area contributed by atoms with Gasteiger partial charge in [-0.25, -0.2) is 9.97 Å². The second kappa shape index (κ2) is 28.5. The van der Waals surface area contributed by atoms with Gasteiger partial charge >= 0.3 is 0 Å². The highest BCUT2D eigenvalue weighted by Gasteiger charge is 2.77. The first-order valence-electron chi connectivity index (χ1n) is 41.0. The largest absolute Gasteiger partial charge is 0.494 e. The van der Waals surface area contributed by atoms with E-state index in [9.17, 15) is 54.3 Å². The average molecular weight is 1590 g/mol. The molecule has 0 amide bonds. The minimum Gasteiger partial charge on any atom is -0.494 e. The Kier molecular flexibility index (Phi) is 19.8. The number of carbonyl (C=O) groups is 6. The normalized spacial score (nSPS) is 39.8. The second-order valence-corrected chi connectivity index (χ2v) is 39.8. The maximum Gasteiger partial charge on any atom is 0.178 e. The Morgan fingerprint density at radius 3 is 1.50 bits per heavy atom. The highest BCUT2D eigenvalue weighted by atomic mass is 32.2. The van der Waals surface area contributed by atoms with Gasteiger partial charge in [0.25, 0.3) is 0 Å². The number of H-pyrrole nitrogens is 2. The van der Waals surface area contributed by atoms with Gasteiger partial charge in [0, 0.05) is 61.2 Å². The van der Waals surface area contributed by atoms with E-state index in [2.05, 4.69) is 71.9 Å².